The van der Waals surface area contributed by atoms with Crippen molar-refractivity contribution in [2.24, 2.45) is 10.1 Å². The molecule has 8 heavy (non-hydrogen) atoms. The van der Waals surface area contributed by atoms with Gasteiger partial charge in [0, 0.05) is 11.1 Å². The highest BCUT2D eigenvalue weighted by Crippen LogP contribution is 2.02. The molecular weight excluding hydrogens is 108 g/mol. The van der Waals surface area contributed by atoms with Crippen LogP contribution in [0.2, 0.25) is 0 Å². The fourth-order valence-corrected chi connectivity index (χ4v) is 0.274. The van der Waals surface area contributed by atoms with E-state index in [1.165, 1.54) is 6.21 Å². The van der Waals surface area contributed by atoms with Crippen LogP contribution in [-0.2, 0) is 4.79 Å². The smallest absolute Gasteiger partial charge is 0.248 e. The van der Waals surface area contributed by atoms with E-state index in [0.717, 1.165) is 0 Å². The summed E-state index contributed by atoms with van der Waals surface area (Å²) in [6, 6.07) is -0.439. The average molecular weight is 110 g/mol. The Balaban J connectivity index is 2.46. The van der Waals surface area contributed by atoms with E-state index in [2.05, 4.69) is 15.0 Å². The summed E-state index contributed by atoms with van der Waals surface area (Å²) < 4.78 is 0. The predicted octanol–water partition coefficient (Wildman–Crippen LogP) is 0.276. The molecule has 0 radical (unpaired) electrons. The van der Waals surface area contributed by atoms with Crippen molar-refractivity contribution >= 4 is 12.1 Å². The van der Waals surface area contributed by atoms with Crippen LogP contribution in [0.15, 0.2) is 10.1 Å². The van der Waals surface area contributed by atoms with E-state index in [9.17, 15) is 4.79 Å². The van der Waals surface area contributed by atoms with Crippen LogP contribution in [0.1, 0.15) is 0 Å². The van der Waals surface area contributed by atoms with Crippen LogP contribution in [0.3, 0.4) is 0 Å². The lowest BCUT2D eigenvalue weighted by atomic mass is 10.4. The number of nitrogens with zero attached hydrogens (tertiary/aromatic N) is 4. The van der Waals surface area contributed by atoms with Crippen molar-refractivity contribution in [1.82, 2.24) is 0 Å². The first kappa shape index (κ1) is 4.80. The maximum absolute atomic E-state index is 10.3. The second-order valence-corrected chi connectivity index (χ2v) is 1.27. The van der Waals surface area contributed by atoms with Gasteiger partial charge in [0.2, 0.25) is 5.91 Å². The molecule has 1 heterocycles. The Hall–Kier alpha value is -1.35. The normalized spacial score (nSPS) is 21.8. The highest BCUT2D eigenvalue weighted by molar-refractivity contribution is 6.06. The number of hydrogen-bond donors (Lipinski definition) is 0. The van der Waals surface area contributed by atoms with Crippen LogP contribution in [0.25, 0.3) is 10.4 Å². The standard InChI is InChI=1S/C3H2N4O/c4-7-6-3(8)2-1-5-2/h1-2H. The van der Waals surface area contributed by atoms with Gasteiger partial charge in [0.15, 0.2) is 0 Å². The molecule has 5 heteroatoms. The van der Waals surface area contributed by atoms with Gasteiger partial charge >= 0.3 is 0 Å². The van der Waals surface area contributed by atoms with Crippen molar-refractivity contribution < 1.29 is 4.79 Å². The van der Waals surface area contributed by atoms with E-state index in [4.69, 9.17) is 5.53 Å². The van der Waals surface area contributed by atoms with Crippen LogP contribution in [0, 0.1) is 0 Å². The Labute approximate surface area is 44.7 Å². The van der Waals surface area contributed by atoms with Crippen LogP contribution in [-0.4, -0.2) is 18.2 Å². The summed E-state index contributed by atoms with van der Waals surface area (Å²) in [6.45, 7) is 0. The first-order chi connectivity index (χ1) is 3.84. The molecule has 0 saturated heterocycles. The predicted molar refractivity (Wildman–Crippen MR) is 26.4 cm³/mol. The van der Waals surface area contributed by atoms with Crippen LogP contribution in [0.4, 0.5) is 0 Å². The number of amides is 1. The van der Waals surface area contributed by atoms with Gasteiger partial charge in [-0.25, -0.2) is 0 Å². The van der Waals surface area contributed by atoms with E-state index in [1.807, 2.05) is 0 Å². The summed E-state index contributed by atoms with van der Waals surface area (Å²) >= 11 is 0. The van der Waals surface area contributed by atoms with E-state index in [0.29, 0.717) is 0 Å². The lowest BCUT2D eigenvalue weighted by Gasteiger charge is -1.76. The molecule has 0 fully saturated rings. The van der Waals surface area contributed by atoms with Gasteiger partial charge in [-0.1, -0.05) is 0 Å². The number of hydrogen-bond acceptors (Lipinski definition) is 2. The zero-order chi connectivity index (χ0) is 5.98. The molecule has 0 saturated carbocycles. The van der Waals surface area contributed by atoms with Crippen LogP contribution in [0.5, 0.6) is 0 Å². The molecule has 0 bridgehead atoms. The average Bonchev–Trinajstić information content (AvgIpc) is 2.45. The van der Waals surface area contributed by atoms with Crippen LogP contribution < -0.4 is 0 Å². The third kappa shape index (κ3) is 0.828. The second-order valence-electron chi connectivity index (χ2n) is 1.27. The maximum Gasteiger partial charge on any atom is 0.248 e. The summed E-state index contributed by atoms with van der Waals surface area (Å²) in [4.78, 5) is 16.0. The van der Waals surface area contributed by atoms with Gasteiger partial charge in [0.1, 0.15) is 6.04 Å². The van der Waals surface area contributed by atoms with E-state index in [-0.39, 0.29) is 0 Å². The molecule has 1 rings (SSSR count). The summed E-state index contributed by atoms with van der Waals surface area (Å²) in [5.74, 6) is -0.521. The Morgan fingerprint density at radius 2 is 2.62 bits per heavy atom. The lowest BCUT2D eigenvalue weighted by Crippen LogP contribution is -2.01. The molecule has 1 aliphatic heterocycles. The SMILES string of the molecule is [N-]=[N+]=NC(=O)C1C=N1. The first-order valence-electron chi connectivity index (χ1n) is 1.97. The number of carbonyl (C=O) groups excluding carboxylic acids is 1. The number of azide groups is 1. The zero-order valence-electron chi connectivity index (χ0n) is 3.85. The van der Waals surface area contributed by atoms with Crippen molar-refractivity contribution in [1.29, 1.82) is 0 Å². The van der Waals surface area contributed by atoms with Gasteiger partial charge < -0.3 is 0 Å². The maximum atomic E-state index is 10.3. The molecule has 0 spiro atoms. The fraction of sp³-hybridized carbons (Fsp3) is 0.333. The molecular formula is C3H2N4O. The van der Waals surface area contributed by atoms with Gasteiger partial charge in [-0.3, -0.25) is 9.79 Å². The third-order valence-corrected chi connectivity index (χ3v) is 0.694. The molecule has 5 nitrogen and oxygen atoms in total. The zero-order valence-corrected chi connectivity index (χ0v) is 3.85. The van der Waals surface area contributed by atoms with Crippen molar-refractivity contribution in [3.63, 3.8) is 0 Å². The molecule has 40 valence electrons. The largest absolute Gasteiger partial charge is 0.290 e. The molecule has 1 amide bonds. The van der Waals surface area contributed by atoms with Gasteiger partial charge in [-0.05, 0) is 10.6 Å². The van der Waals surface area contributed by atoms with Gasteiger partial charge in [0.25, 0.3) is 0 Å². The monoisotopic (exact) mass is 110 g/mol. The minimum atomic E-state index is -0.521. The molecule has 0 aromatic carbocycles. The summed E-state index contributed by atoms with van der Waals surface area (Å²) in [5.41, 5.74) is 7.70. The Kier molecular flexibility index (Phi) is 0.980. The lowest BCUT2D eigenvalue weighted by molar-refractivity contribution is -0.117. The van der Waals surface area contributed by atoms with Crippen molar-refractivity contribution in [3.05, 3.63) is 10.4 Å². The quantitative estimate of drug-likeness (QED) is 0.271. The summed E-state index contributed by atoms with van der Waals surface area (Å²) in [5, 5.41) is 2.80. The van der Waals surface area contributed by atoms with Crippen molar-refractivity contribution in [3.8, 4) is 0 Å². The molecule has 1 unspecified atom stereocenters. The molecule has 1 aliphatic rings. The molecule has 0 aromatic rings. The topological polar surface area (TPSA) is 78.2 Å². The fourth-order valence-electron chi connectivity index (χ4n) is 0.274. The minimum Gasteiger partial charge on any atom is -0.290 e. The van der Waals surface area contributed by atoms with Crippen molar-refractivity contribution in [2.75, 3.05) is 0 Å². The van der Waals surface area contributed by atoms with Gasteiger partial charge in [-0.2, -0.15) is 0 Å². The minimum absolute atomic E-state index is 0.439. The van der Waals surface area contributed by atoms with Gasteiger partial charge in [0.05, 0.1) is 0 Å². The van der Waals surface area contributed by atoms with Crippen molar-refractivity contribution in [2.45, 2.75) is 6.04 Å². The molecule has 1 atom stereocenters. The highest BCUT2D eigenvalue weighted by atomic mass is 16.2. The van der Waals surface area contributed by atoms with Crippen LogP contribution >= 0.6 is 0 Å². The third-order valence-electron chi connectivity index (χ3n) is 0.694. The second kappa shape index (κ2) is 1.63. The molecule has 0 N–H and O–H groups in total. The molecule has 0 aromatic heterocycles. The first-order valence-corrected chi connectivity index (χ1v) is 1.97. The summed E-state index contributed by atoms with van der Waals surface area (Å²) in [7, 11) is 0. The Bertz CT molecular complexity index is 183. The van der Waals surface area contributed by atoms with E-state index in [1.54, 1.807) is 0 Å². The Morgan fingerprint density at radius 1 is 2.00 bits per heavy atom. The van der Waals surface area contributed by atoms with Gasteiger partial charge in [-0.15, -0.1) is 0 Å². The van der Waals surface area contributed by atoms with E-state index < -0.39 is 11.9 Å². The highest BCUT2D eigenvalue weighted by Gasteiger charge is 2.20. The van der Waals surface area contributed by atoms with E-state index >= 15 is 0 Å². The number of carbonyl (C=O) groups is 1. The number of aliphatic imine (C=N–C) groups is 1. The number of rotatable bonds is 1. The summed E-state index contributed by atoms with van der Waals surface area (Å²) in [6.07, 6.45) is 1.43. The molecule has 0 aliphatic carbocycles. The Morgan fingerprint density at radius 3 is 3.00 bits per heavy atom.